The highest BCUT2D eigenvalue weighted by Gasteiger charge is 2.44. The summed E-state index contributed by atoms with van der Waals surface area (Å²) in [6, 6.07) is 12.4. The third kappa shape index (κ3) is 9.88. The van der Waals surface area contributed by atoms with E-state index < -0.39 is 41.4 Å². The van der Waals surface area contributed by atoms with Crippen molar-refractivity contribution in [1.29, 1.82) is 0 Å². The molecule has 1 aliphatic carbocycles. The van der Waals surface area contributed by atoms with Crippen molar-refractivity contribution in [2.24, 2.45) is 10.7 Å². The number of aryl methyl sites for hydroxylation is 1. The van der Waals surface area contributed by atoms with Crippen molar-refractivity contribution >= 4 is 35.4 Å². The lowest BCUT2D eigenvalue weighted by Gasteiger charge is -2.39. The molecule has 0 heterocycles. The molecule has 0 aromatic heterocycles. The van der Waals surface area contributed by atoms with Gasteiger partial charge in [0.25, 0.3) is 0 Å². The van der Waals surface area contributed by atoms with Crippen LogP contribution >= 0.6 is 0 Å². The average molecular weight is 662 g/mol. The number of hydrogen-bond donors (Lipinski definition) is 5. The van der Waals surface area contributed by atoms with Crippen LogP contribution in [0.2, 0.25) is 0 Å². The van der Waals surface area contributed by atoms with Gasteiger partial charge in [-0.3, -0.25) is 29.0 Å². The molecule has 48 heavy (non-hydrogen) atoms. The molecule has 0 spiro atoms. The van der Waals surface area contributed by atoms with Crippen LogP contribution < -0.4 is 27.0 Å². The highest BCUT2D eigenvalue weighted by atomic mass is 16.2. The van der Waals surface area contributed by atoms with Crippen LogP contribution in [0.1, 0.15) is 68.7 Å². The summed E-state index contributed by atoms with van der Waals surface area (Å²) in [5.41, 5.74) is 8.48. The molecule has 0 saturated heterocycles. The van der Waals surface area contributed by atoms with E-state index in [0.29, 0.717) is 38.1 Å². The fourth-order valence-electron chi connectivity index (χ4n) is 6.37. The minimum absolute atomic E-state index is 0.146. The molecule has 0 aliphatic heterocycles. The molecule has 4 atom stereocenters. The Balaban J connectivity index is 1.94. The number of aliphatic imine (C=N–C) groups is 1. The number of nitrogens with one attached hydrogen (secondary N) is 4. The molecule has 12 nitrogen and oxygen atoms in total. The average Bonchev–Trinajstić information content (AvgIpc) is 3.05. The monoisotopic (exact) mass is 661 g/mol. The normalized spacial score (nSPS) is 17.6. The van der Waals surface area contributed by atoms with Crippen LogP contribution in [0.5, 0.6) is 0 Å². The lowest BCUT2D eigenvalue weighted by Crippen LogP contribution is -2.64. The zero-order valence-corrected chi connectivity index (χ0v) is 29.0. The summed E-state index contributed by atoms with van der Waals surface area (Å²) >= 11 is 0. The Morgan fingerprint density at radius 3 is 2.31 bits per heavy atom. The van der Waals surface area contributed by atoms with Crippen LogP contribution in [-0.2, 0) is 43.2 Å². The summed E-state index contributed by atoms with van der Waals surface area (Å²) in [5.74, 6) is -1.73. The Labute approximate surface area is 283 Å². The van der Waals surface area contributed by atoms with Crippen molar-refractivity contribution in [2.75, 3.05) is 20.6 Å². The molecule has 5 amide bonds. The molecule has 0 fully saturated rings. The summed E-state index contributed by atoms with van der Waals surface area (Å²) in [7, 11) is 3.04. The second kappa shape index (κ2) is 17.4. The van der Waals surface area contributed by atoms with Gasteiger partial charge < -0.3 is 31.9 Å². The Morgan fingerprint density at radius 1 is 0.979 bits per heavy atom. The number of likely N-dealkylation sites (N-methyl/N-ethyl adjacent to an activating group) is 2. The van der Waals surface area contributed by atoms with E-state index >= 15 is 0 Å². The number of amides is 5. The number of hydrogen-bond acceptors (Lipinski definition) is 6. The number of benzene rings is 2. The SMILES string of the molecule is CC[C@@H](C(=O)NC)N(C)C(=O)[C@H](CCCN=C(C)N)NC(=O)[C@@H](Cc1ccccc1)NC(=O)C1(NC(C)=O)CCc2c(C)cccc2C1. The molecule has 0 bridgehead atoms. The smallest absolute Gasteiger partial charge is 0.246 e. The van der Waals surface area contributed by atoms with Gasteiger partial charge in [0.2, 0.25) is 29.5 Å². The molecule has 0 radical (unpaired) electrons. The molecular weight excluding hydrogens is 610 g/mol. The van der Waals surface area contributed by atoms with Gasteiger partial charge in [-0.05, 0) is 68.2 Å². The predicted molar refractivity (Wildman–Crippen MR) is 186 cm³/mol. The van der Waals surface area contributed by atoms with E-state index in [1.165, 1.54) is 25.9 Å². The third-order valence-electron chi connectivity index (χ3n) is 8.93. The molecule has 12 heteroatoms. The summed E-state index contributed by atoms with van der Waals surface area (Å²) in [4.78, 5) is 72.8. The number of nitrogens with zero attached hydrogens (tertiary/aromatic N) is 2. The van der Waals surface area contributed by atoms with Crippen molar-refractivity contribution in [3.63, 3.8) is 0 Å². The number of carbonyl (C=O) groups is 5. The van der Waals surface area contributed by atoms with Crippen molar-refractivity contribution < 1.29 is 24.0 Å². The maximum absolute atomic E-state index is 14.2. The van der Waals surface area contributed by atoms with Crippen LogP contribution in [0.25, 0.3) is 0 Å². The summed E-state index contributed by atoms with van der Waals surface area (Å²) in [5, 5.41) is 11.3. The van der Waals surface area contributed by atoms with Crippen LogP contribution in [0.4, 0.5) is 0 Å². The number of nitrogens with two attached hydrogens (primary N) is 1. The lowest BCUT2D eigenvalue weighted by atomic mass is 9.75. The molecule has 3 rings (SSSR count). The van der Waals surface area contributed by atoms with E-state index in [4.69, 9.17) is 5.73 Å². The Morgan fingerprint density at radius 2 is 1.69 bits per heavy atom. The molecule has 1 aliphatic rings. The first kappa shape index (κ1) is 37.7. The molecule has 2 aromatic carbocycles. The minimum Gasteiger partial charge on any atom is -0.388 e. The maximum atomic E-state index is 14.2. The van der Waals surface area contributed by atoms with Gasteiger partial charge in [-0.15, -0.1) is 0 Å². The van der Waals surface area contributed by atoms with Crippen molar-refractivity contribution in [3.8, 4) is 0 Å². The predicted octanol–water partition coefficient (Wildman–Crippen LogP) is 1.71. The fraction of sp³-hybridized carbons (Fsp3) is 0.500. The molecule has 6 N–H and O–H groups in total. The Kier molecular flexibility index (Phi) is 13.7. The van der Waals surface area contributed by atoms with E-state index in [2.05, 4.69) is 26.3 Å². The number of rotatable bonds is 15. The molecule has 1 unspecified atom stereocenters. The van der Waals surface area contributed by atoms with Crippen molar-refractivity contribution in [2.45, 2.75) is 96.3 Å². The van der Waals surface area contributed by atoms with Gasteiger partial charge in [-0.1, -0.05) is 55.5 Å². The summed E-state index contributed by atoms with van der Waals surface area (Å²) in [6.45, 7) is 7.23. The maximum Gasteiger partial charge on any atom is 0.246 e. The molecule has 0 saturated carbocycles. The van der Waals surface area contributed by atoms with E-state index in [1.807, 2.05) is 55.5 Å². The number of amidine groups is 1. The second-order valence-electron chi connectivity index (χ2n) is 12.6. The zero-order valence-electron chi connectivity index (χ0n) is 29.0. The van der Waals surface area contributed by atoms with Gasteiger partial charge in [-0.2, -0.15) is 0 Å². The summed E-state index contributed by atoms with van der Waals surface area (Å²) in [6.07, 6.45) is 2.42. The van der Waals surface area contributed by atoms with Gasteiger partial charge in [0.1, 0.15) is 23.7 Å². The van der Waals surface area contributed by atoms with E-state index in [9.17, 15) is 24.0 Å². The quantitative estimate of drug-likeness (QED) is 0.110. The molecule has 260 valence electrons. The van der Waals surface area contributed by atoms with E-state index in [0.717, 1.165) is 22.3 Å². The molecular formula is C36H51N7O5. The van der Waals surface area contributed by atoms with Crippen LogP contribution in [0, 0.1) is 6.92 Å². The minimum atomic E-state index is -1.27. The van der Waals surface area contributed by atoms with Crippen molar-refractivity contribution in [1.82, 2.24) is 26.2 Å². The standard InChI is InChI=1S/C36H51N7O5/c1-7-31(33(46)38-5)43(6)34(47)29(17-12-20-39-24(3)37)40-32(45)30(21-26-14-9-8-10-15-26)41-35(48)36(42-25(4)44)19-18-28-23(2)13-11-16-27(28)22-36/h8-11,13-16,29-31H,7,12,17-22H2,1-6H3,(H2,37,39)(H,38,46)(H,40,45)(H,41,48)(H,42,44)/t29-,30+,31-,36?/m0/s1. The van der Waals surface area contributed by atoms with Gasteiger partial charge in [0.05, 0.1) is 5.84 Å². The van der Waals surface area contributed by atoms with Crippen LogP contribution in [0.15, 0.2) is 53.5 Å². The van der Waals surface area contributed by atoms with E-state index in [1.54, 1.807) is 13.8 Å². The van der Waals surface area contributed by atoms with Crippen LogP contribution in [-0.4, -0.2) is 84.6 Å². The number of fused-ring (bicyclic) bond motifs is 1. The van der Waals surface area contributed by atoms with Gasteiger partial charge in [0, 0.05) is 40.4 Å². The number of carbonyl (C=O) groups excluding carboxylic acids is 5. The van der Waals surface area contributed by atoms with Crippen LogP contribution in [0.3, 0.4) is 0 Å². The van der Waals surface area contributed by atoms with E-state index in [-0.39, 0.29) is 31.1 Å². The molecule has 2 aromatic rings. The fourth-order valence-corrected chi connectivity index (χ4v) is 6.37. The first-order valence-corrected chi connectivity index (χ1v) is 16.6. The summed E-state index contributed by atoms with van der Waals surface area (Å²) < 4.78 is 0. The second-order valence-corrected chi connectivity index (χ2v) is 12.6. The van der Waals surface area contributed by atoms with Gasteiger partial charge in [-0.25, -0.2) is 0 Å². The lowest BCUT2D eigenvalue weighted by molar-refractivity contribution is -0.142. The van der Waals surface area contributed by atoms with Gasteiger partial charge >= 0.3 is 0 Å². The Bertz CT molecular complexity index is 1490. The zero-order chi connectivity index (χ0) is 35.4. The third-order valence-corrected chi connectivity index (χ3v) is 8.93. The highest BCUT2D eigenvalue weighted by molar-refractivity contribution is 5.97. The largest absolute Gasteiger partial charge is 0.388 e. The first-order valence-electron chi connectivity index (χ1n) is 16.6. The first-order chi connectivity index (χ1) is 22.8. The topological polar surface area (TPSA) is 175 Å². The Hall–Kier alpha value is -4.74. The van der Waals surface area contributed by atoms with Gasteiger partial charge in [0.15, 0.2) is 0 Å². The highest BCUT2D eigenvalue weighted by Crippen LogP contribution is 2.31. The van der Waals surface area contributed by atoms with Crippen molar-refractivity contribution in [3.05, 3.63) is 70.8 Å².